The zero-order valence-electron chi connectivity index (χ0n) is 15.3. The van der Waals surface area contributed by atoms with Gasteiger partial charge in [0, 0.05) is 10.9 Å². The van der Waals surface area contributed by atoms with Crippen molar-refractivity contribution < 1.29 is 9.53 Å². The molecule has 1 aromatic heterocycles. The fourth-order valence-corrected chi connectivity index (χ4v) is 3.46. The number of hydrogen-bond donors (Lipinski definition) is 1. The minimum atomic E-state index is -0.231. The Morgan fingerprint density at radius 1 is 0.929 bits per heavy atom. The highest BCUT2D eigenvalue weighted by Crippen LogP contribution is 2.30. The highest BCUT2D eigenvalue weighted by atomic mass is 32.1. The van der Waals surface area contributed by atoms with Crippen LogP contribution in [0.1, 0.15) is 15.4 Å². The van der Waals surface area contributed by atoms with Crippen LogP contribution < -0.4 is 10.1 Å². The number of thiazole rings is 1. The third-order valence-corrected chi connectivity index (χ3v) is 4.95. The van der Waals surface area contributed by atoms with E-state index in [0.717, 1.165) is 16.3 Å². The molecule has 3 aromatic carbocycles. The number of nitrogens with zero attached hydrogens (tertiary/aromatic N) is 1. The van der Waals surface area contributed by atoms with Gasteiger partial charge in [-0.2, -0.15) is 0 Å². The summed E-state index contributed by atoms with van der Waals surface area (Å²) in [6, 6.07) is 24.3. The van der Waals surface area contributed by atoms with E-state index in [0.29, 0.717) is 22.7 Å². The molecular formula is C23H18N2O2S. The number of hydrogen-bond acceptors (Lipinski definition) is 4. The van der Waals surface area contributed by atoms with Gasteiger partial charge in [0.2, 0.25) is 0 Å². The number of para-hydroxylation sites is 3. The Bertz CT molecular complexity index is 1110. The monoisotopic (exact) mass is 386 g/mol. The van der Waals surface area contributed by atoms with Gasteiger partial charge >= 0.3 is 0 Å². The Morgan fingerprint density at radius 3 is 2.43 bits per heavy atom. The quantitative estimate of drug-likeness (QED) is 0.447. The van der Waals surface area contributed by atoms with Crippen molar-refractivity contribution in [3.63, 3.8) is 0 Å². The molecule has 0 radical (unpaired) electrons. The number of carbonyl (C=O) groups excluding carboxylic acids is 1. The van der Waals surface area contributed by atoms with E-state index in [2.05, 4.69) is 10.3 Å². The van der Waals surface area contributed by atoms with Gasteiger partial charge in [-0.3, -0.25) is 4.79 Å². The van der Waals surface area contributed by atoms with E-state index in [1.807, 2.05) is 79.0 Å². The maximum absolute atomic E-state index is 13.0. The predicted molar refractivity (Wildman–Crippen MR) is 113 cm³/mol. The average Bonchev–Trinajstić information content (AvgIpc) is 3.16. The second-order valence-electron chi connectivity index (χ2n) is 6.16. The summed E-state index contributed by atoms with van der Waals surface area (Å²) in [6.07, 6.45) is 0. The van der Waals surface area contributed by atoms with Gasteiger partial charge in [0.05, 0.1) is 22.0 Å². The maximum Gasteiger partial charge on any atom is 0.259 e. The van der Waals surface area contributed by atoms with Gasteiger partial charge in [-0.25, -0.2) is 4.98 Å². The van der Waals surface area contributed by atoms with Crippen LogP contribution in [0, 0.1) is 6.92 Å². The van der Waals surface area contributed by atoms with E-state index in [-0.39, 0.29) is 5.91 Å². The normalized spacial score (nSPS) is 10.5. The molecule has 0 saturated heterocycles. The van der Waals surface area contributed by atoms with Crippen molar-refractivity contribution in [1.29, 1.82) is 0 Å². The Hall–Kier alpha value is -3.44. The highest BCUT2D eigenvalue weighted by molar-refractivity contribution is 7.09. The summed E-state index contributed by atoms with van der Waals surface area (Å²) < 4.78 is 5.92. The van der Waals surface area contributed by atoms with E-state index in [1.165, 1.54) is 0 Å². The van der Waals surface area contributed by atoms with Crippen molar-refractivity contribution >= 4 is 22.9 Å². The number of nitrogens with one attached hydrogen (secondary N) is 1. The van der Waals surface area contributed by atoms with Gasteiger partial charge in [-0.15, -0.1) is 11.3 Å². The number of aromatic nitrogens is 1. The smallest absolute Gasteiger partial charge is 0.259 e. The molecule has 0 saturated carbocycles. The Labute approximate surface area is 167 Å². The first-order chi connectivity index (χ1) is 13.7. The van der Waals surface area contributed by atoms with Crippen LogP contribution in [0.15, 0.2) is 84.2 Å². The maximum atomic E-state index is 13.0. The third-order valence-electron chi connectivity index (χ3n) is 4.17. The zero-order valence-corrected chi connectivity index (χ0v) is 16.1. The number of aryl methyl sites for hydroxylation is 1. The van der Waals surface area contributed by atoms with Crippen LogP contribution in [0.5, 0.6) is 11.5 Å². The first-order valence-electron chi connectivity index (χ1n) is 8.85. The lowest BCUT2D eigenvalue weighted by Gasteiger charge is -2.13. The van der Waals surface area contributed by atoms with Crippen LogP contribution in [0.2, 0.25) is 0 Å². The van der Waals surface area contributed by atoms with Gasteiger partial charge in [-0.1, -0.05) is 48.5 Å². The third kappa shape index (κ3) is 3.94. The first kappa shape index (κ1) is 17.9. The van der Waals surface area contributed by atoms with Crippen LogP contribution in [0.4, 0.5) is 5.69 Å². The second-order valence-corrected chi connectivity index (χ2v) is 7.22. The Kier molecular flexibility index (Phi) is 5.17. The molecule has 0 aliphatic rings. The Balaban J connectivity index is 1.62. The minimum absolute atomic E-state index is 0.231. The number of amides is 1. The number of ether oxygens (including phenoxy) is 1. The number of rotatable bonds is 5. The summed E-state index contributed by atoms with van der Waals surface area (Å²) in [5.41, 5.74) is 2.93. The first-order valence-corrected chi connectivity index (χ1v) is 9.73. The lowest BCUT2D eigenvalue weighted by molar-refractivity contribution is 0.102. The molecule has 0 spiro atoms. The predicted octanol–water partition coefficient (Wildman–Crippen LogP) is 6.16. The van der Waals surface area contributed by atoms with E-state index in [1.54, 1.807) is 23.5 Å². The minimum Gasteiger partial charge on any atom is -0.457 e. The fraction of sp³-hybridized carbons (Fsp3) is 0.0435. The summed E-state index contributed by atoms with van der Waals surface area (Å²) in [5.74, 6) is 0.959. The van der Waals surface area contributed by atoms with Crippen LogP contribution in [-0.4, -0.2) is 10.9 Å². The molecule has 0 bridgehead atoms. The summed E-state index contributed by atoms with van der Waals surface area (Å²) in [5, 5.41) is 5.98. The molecule has 4 nitrogen and oxygen atoms in total. The number of anilines is 1. The van der Waals surface area contributed by atoms with Gasteiger partial charge in [0.15, 0.2) is 0 Å². The molecule has 0 unspecified atom stereocenters. The molecule has 0 atom stereocenters. The van der Waals surface area contributed by atoms with E-state index >= 15 is 0 Å². The molecule has 4 rings (SSSR count). The molecule has 4 aromatic rings. The van der Waals surface area contributed by atoms with Crippen LogP contribution in [0.25, 0.3) is 11.3 Å². The van der Waals surface area contributed by atoms with E-state index in [9.17, 15) is 4.79 Å². The summed E-state index contributed by atoms with van der Waals surface area (Å²) in [7, 11) is 0. The second kappa shape index (κ2) is 8.06. The molecule has 1 N–H and O–H groups in total. The van der Waals surface area contributed by atoms with Gasteiger partial charge in [0.1, 0.15) is 11.5 Å². The lowest BCUT2D eigenvalue weighted by atomic mass is 10.1. The molecule has 1 amide bonds. The van der Waals surface area contributed by atoms with Crippen molar-refractivity contribution in [2.45, 2.75) is 6.92 Å². The highest BCUT2D eigenvalue weighted by Gasteiger charge is 2.16. The van der Waals surface area contributed by atoms with Crippen molar-refractivity contribution in [3.8, 4) is 22.8 Å². The summed E-state index contributed by atoms with van der Waals surface area (Å²) >= 11 is 1.58. The molecule has 28 heavy (non-hydrogen) atoms. The molecule has 5 heteroatoms. The van der Waals surface area contributed by atoms with Crippen molar-refractivity contribution in [2.24, 2.45) is 0 Å². The zero-order chi connectivity index (χ0) is 19.3. The van der Waals surface area contributed by atoms with E-state index < -0.39 is 0 Å². The average molecular weight is 386 g/mol. The van der Waals surface area contributed by atoms with Crippen molar-refractivity contribution in [1.82, 2.24) is 4.98 Å². The van der Waals surface area contributed by atoms with E-state index in [4.69, 9.17) is 4.74 Å². The molecule has 0 fully saturated rings. The van der Waals surface area contributed by atoms with Crippen molar-refractivity contribution in [2.75, 3.05) is 5.32 Å². The molecule has 1 heterocycles. The molecule has 138 valence electrons. The standard InChI is InChI=1S/C23H18N2O2S/c1-16-24-21(15-28-16)18-11-5-7-13-20(18)25-23(26)19-12-6-8-14-22(19)27-17-9-3-2-4-10-17/h2-15H,1H3,(H,25,26). The summed E-state index contributed by atoms with van der Waals surface area (Å²) in [6.45, 7) is 1.96. The molecule has 0 aliphatic carbocycles. The molecule has 0 aliphatic heterocycles. The molecular weight excluding hydrogens is 368 g/mol. The number of benzene rings is 3. The van der Waals surface area contributed by atoms with Crippen molar-refractivity contribution in [3.05, 3.63) is 94.8 Å². The fourth-order valence-electron chi connectivity index (χ4n) is 2.85. The lowest BCUT2D eigenvalue weighted by Crippen LogP contribution is -2.13. The van der Waals surface area contributed by atoms with Crippen LogP contribution >= 0.6 is 11.3 Å². The van der Waals surface area contributed by atoms with Gasteiger partial charge in [0.25, 0.3) is 5.91 Å². The van der Waals surface area contributed by atoms with Crippen LogP contribution in [0.3, 0.4) is 0 Å². The SMILES string of the molecule is Cc1nc(-c2ccccc2NC(=O)c2ccccc2Oc2ccccc2)cs1. The summed E-state index contributed by atoms with van der Waals surface area (Å²) in [4.78, 5) is 17.5. The Morgan fingerprint density at radius 2 is 1.64 bits per heavy atom. The largest absolute Gasteiger partial charge is 0.457 e. The van der Waals surface area contributed by atoms with Gasteiger partial charge in [-0.05, 0) is 37.3 Å². The van der Waals surface area contributed by atoms with Gasteiger partial charge < -0.3 is 10.1 Å². The number of carbonyl (C=O) groups is 1. The van der Waals surface area contributed by atoms with Crippen LogP contribution in [-0.2, 0) is 0 Å². The topological polar surface area (TPSA) is 51.2 Å².